The molecule has 27 heavy (non-hydrogen) atoms. The lowest BCUT2D eigenvalue weighted by Crippen LogP contribution is -2.05. The van der Waals surface area contributed by atoms with Gasteiger partial charge in [0.25, 0.3) is 5.91 Å². The fraction of sp³-hybridized carbons (Fsp3) is 0.143. The Hall–Kier alpha value is -3.41. The second-order valence-electron chi connectivity index (χ2n) is 6.43. The number of ether oxygens (including phenoxy) is 1. The number of rotatable bonds is 4. The number of aliphatic carboxylic acids is 1. The van der Waals surface area contributed by atoms with Gasteiger partial charge in [0.1, 0.15) is 18.2 Å². The second-order valence-corrected chi connectivity index (χ2v) is 6.43. The van der Waals surface area contributed by atoms with E-state index >= 15 is 0 Å². The van der Waals surface area contributed by atoms with Crippen LogP contribution in [0.3, 0.4) is 0 Å². The molecule has 0 bridgehead atoms. The molecular formula is C21H16FNO4. The number of nitrogens with one attached hydrogen (secondary N) is 1. The minimum atomic E-state index is -0.822. The van der Waals surface area contributed by atoms with Crippen molar-refractivity contribution >= 4 is 28.7 Å². The minimum absolute atomic E-state index is 0.0938. The normalized spacial score (nSPS) is 18.0. The van der Waals surface area contributed by atoms with Gasteiger partial charge in [-0.05, 0) is 41.8 Å². The topological polar surface area (TPSA) is 75.6 Å². The first kappa shape index (κ1) is 17.0. The Balaban J connectivity index is 1.61. The number of benzene rings is 2. The Bertz CT molecular complexity index is 1010. The molecule has 0 spiro atoms. The van der Waals surface area contributed by atoms with Gasteiger partial charge in [0.05, 0.1) is 11.3 Å². The molecule has 5 nitrogen and oxygen atoms in total. The molecule has 6 heteroatoms. The molecule has 2 N–H and O–H groups in total. The number of carboxylic acids is 1. The zero-order valence-electron chi connectivity index (χ0n) is 14.3. The van der Waals surface area contributed by atoms with Crippen LogP contribution >= 0.6 is 0 Å². The summed E-state index contributed by atoms with van der Waals surface area (Å²) < 4.78 is 19.1. The molecule has 0 saturated carbocycles. The molecule has 2 heterocycles. The molecule has 1 amide bonds. The molecule has 0 saturated heterocycles. The highest BCUT2D eigenvalue weighted by Gasteiger charge is 2.30. The number of anilines is 1. The summed E-state index contributed by atoms with van der Waals surface area (Å²) in [5.41, 5.74) is 4.28. The van der Waals surface area contributed by atoms with E-state index in [2.05, 4.69) is 5.32 Å². The summed E-state index contributed by atoms with van der Waals surface area (Å²) in [6, 6.07) is 11.8. The third-order valence-corrected chi connectivity index (χ3v) is 4.61. The minimum Gasteiger partial charge on any atom is -0.488 e. The van der Waals surface area contributed by atoms with E-state index in [-0.39, 0.29) is 12.3 Å². The lowest BCUT2D eigenvalue weighted by molar-refractivity contribution is -0.137. The maximum absolute atomic E-state index is 13.4. The summed E-state index contributed by atoms with van der Waals surface area (Å²) in [5.74, 6) is -1.08. The average Bonchev–Trinajstić information content (AvgIpc) is 3.23. The van der Waals surface area contributed by atoms with E-state index in [1.165, 1.54) is 12.1 Å². The van der Waals surface area contributed by atoms with E-state index in [0.717, 1.165) is 16.7 Å². The van der Waals surface area contributed by atoms with E-state index in [1.807, 2.05) is 30.3 Å². The van der Waals surface area contributed by atoms with Gasteiger partial charge in [-0.2, -0.15) is 0 Å². The maximum Gasteiger partial charge on any atom is 0.303 e. The van der Waals surface area contributed by atoms with Gasteiger partial charge in [-0.1, -0.05) is 24.3 Å². The average molecular weight is 365 g/mol. The van der Waals surface area contributed by atoms with Gasteiger partial charge in [-0.25, -0.2) is 4.39 Å². The van der Waals surface area contributed by atoms with Crippen molar-refractivity contribution in [3.05, 3.63) is 76.8 Å². The molecule has 2 aliphatic rings. The Morgan fingerprint density at radius 1 is 1.19 bits per heavy atom. The van der Waals surface area contributed by atoms with Crippen LogP contribution in [0.1, 0.15) is 23.1 Å². The highest BCUT2D eigenvalue weighted by molar-refractivity contribution is 6.32. The van der Waals surface area contributed by atoms with Crippen LogP contribution in [0.4, 0.5) is 10.1 Å². The summed E-state index contributed by atoms with van der Waals surface area (Å²) in [5, 5.41) is 11.4. The number of hydrogen-bond acceptors (Lipinski definition) is 3. The van der Waals surface area contributed by atoms with Crippen LogP contribution in [0.5, 0.6) is 0 Å². The number of halogens is 1. The number of carbonyl (C=O) groups is 2. The number of fused-ring (bicyclic) bond motifs is 1. The maximum atomic E-state index is 13.4. The zero-order chi connectivity index (χ0) is 19.0. The van der Waals surface area contributed by atoms with Gasteiger partial charge in [0.15, 0.2) is 0 Å². The molecule has 0 aromatic heterocycles. The predicted octanol–water partition coefficient (Wildman–Crippen LogP) is 3.62. The Kier molecular flexibility index (Phi) is 4.24. The molecule has 4 rings (SSSR count). The van der Waals surface area contributed by atoms with E-state index in [0.29, 0.717) is 35.6 Å². The molecule has 0 radical (unpaired) electrons. The van der Waals surface area contributed by atoms with Crippen LogP contribution in [-0.2, 0) is 20.7 Å². The fourth-order valence-corrected chi connectivity index (χ4v) is 3.23. The van der Waals surface area contributed by atoms with Crippen LogP contribution in [0, 0.1) is 5.82 Å². The molecule has 2 aliphatic heterocycles. The summed E-state index contributed by atoms with van der Waals surface area (Å²) in [7, 11) is 0. The molecule has 2 aromatic rings. The van der Waals surface area contributed by atoms with E-state index in [4.69, 9.17) is 9.84 Å². The van der Waals surface area contributed by atoms with Crippen LogP contribution in [0.15, 0.2) is 54.3 Å². The number of allylic oxidation sites excluding steroid dienone is 1. The molecule has 0 aliphatic carbocycles. The SMILES string of the molecule is O=C(O)CCc1ccc(C2=CC(=C3C(=O)Nc4cc(F)ccc43)OC2)cc1. The smallest absolute Gasteiger partial charge is 0.303 e. The van der Waals surface area contributed by atoms with Gasteiger partial charge in [-0.3, -0.25) is 9.59 Å². The first-order valence-electron chi connectivity index (χ1n) is 8.51. The first-order valence-corrected chi connectivity index (χ1v) is 8.51. The molecule has 0 fully saturated rings. The van der Waals surface area contributed by atoms with E-state index in [9.17, 15) is 14.0 Å². The number of amides is 1. The van der Waals surface area contributed by atoms with Gasteiger partial charge < -0.3 is 15.2 Å². The van der Waals surface area contributed by atoms with Crippen LogP contribution < -0.4 is 5.32 Å². The standard InChI is InChI=1S/C21H16FNO4/c22-15-6-7-16-17(10-15)23-21(26)20(16)18-9-14(11-27-18)13-4-1-12(2-5-13)3-8-19(24)25/h1-2,4-7,9-10H,3,8,11H2,(H,23,26)(H,24,25). The lowest BCUT2D eigenvalue weighted by Gasteiger charge is -2.04. The summed E-state index contributed by atoms with van der Waals surface area (Å²) >= 11 is 0. The van der Waals surface area contributed by atoms with Crippen molar-refractivity contribution in [1.29, 1.82) is 0 Å². The second kappa shape index (κ2) is 6.72. The largest absolute Gasteiger partial charge is 0.488 e. The van der Waals surface area contributed by atoms with Crippen LogP contribution in [-0.4, -0.2) is 23.6 Å². The number of aryl methyl sites for hydroxylation is 1. The number of carboxylic acid groups (broad SMARTS) is 1. The van der Waals surface area contributed by atoms with Crippen LogP contribution in [0.2, 0.25) is 0 Å². The highest BCUT2D eigenvalue weighted by Crippen LogP contribution is 2.38. The Morgan fingerprint density at radius 2 is 1.96 bits per heavy atom. The molecule has 0 unspecified atom stereocenters. The van der Waals surface area contributed by atoms with Crippen LogP contribution in [0.25, 0.3) is 11.1 Å². The lowest BCUT2D eigenvalue weighted by atomic mass is 10.0. The van der Waals surface area contributed by atoms with Gasteiger partial charge in [-0.15, -0.1) is 0 Å². The predicted molar refractivity (Wildman–Crippen MR) is 98.3 cm³/mol. The molecule has 2 aromatic carbocycles. The summed E-state index contributed by atoms with van der Waals surface area (Å²) in [6.07, 6.45) is 2.39. The van der Waals surface area contributed by atoms with E-state index < -0.39 is 11.8 Å². The third kappa shape index (κ3) is 3.33. The number of carbonyl (C=O) groups excluding carboxylic acids is 1. The third-order valence-electron chi connectivity index (χ3n) is 4.61. The monoisotopic (exact) mass is 365 g/mol. The van der Waals surface area contributed by atoms with Crippen molar-refractivity contribution in [2.75, 3.05) is 11.9 Å². The Morgan fingerprint density at radius 3 is 2.70 bits per heavy atom. The zero-order valence-corrected chi connectivity index (χ0v) is 14.3. The first-order chi connectivity index (χ1) is 13.0. The quantitative estimate of drug-likeness (QED) is 0.812. The number of hydrogen-bond donors (Lipinski definition) is 2. The van der Waals surface area contributed by atoms with E-state index in [1.54, 1.807) is 6.07 Å². The van der Waals surface area contributed by atoms with Gasteiger partial charge in [0, 0.05) is 17.6 Å². The summed E-state index contributed by atoms with van der Waals surface area (Å²) in [4.78, 5) is 23.0. The van der Waals surface area contributed by atoms with Crippen molar-refractivity contribution in [3.8, 4) is 0 Å². The molecular weight excluding hydrogens is 349 g/mol. The van der Waals surface area contributed by atoms with Crippen molar-refractivity contribution in [3.63, 3.8) is 0 Å². The summed E-state index contributed by atoms with van der Waals surface area (Å²) in [6.45, 7) is 0.330. The van der Waals surface area contributed by atoms with Crippen molar-refractivity contribution in [1.82, 2.24) is 0 Å². The van der Waals surface area contributed by atoms with Crippen molar-refractivity contribution in [2.24, 2.45) is 0 Å². The highest BCUT2D eigenvalue weighted by atomic mass is 19.1. The Labute approximate surface area is 154 Å². The molecule has 0 atom stereocenters. The molecule has 136 valence electrons. The van der Waals surface area contributed by atoms with Gasteiger partial charge >= 0.3 is 5.97 Å². The van der Waals surface area contributed by atoms with Crippen molar-refractivity contribution < 1.29 is 23.8 Å². The van der Waals surface area contributed by atoms with Crippen molar-refractivity contribution in [2.45, 2.75) is 12.8 Å². The fourth-order valence-electron chi connectivity index (χ4n) is 3.23. The van der Waals surface area contributed by atoms with Gasteiger partial charge in [0.2, 0.25) is 0 Å².